The fourth-order valence-corrected chi connectivity index (χ4v) is 1.28. The highest BCUT2D eigenvalue weighted by Gasteiger charge is 2.07. The average molecular weight is 205 g/mol. The maximum Gasteiger partial charge on any atom is 0.199 e. The summed E-state index contributed by atoms with van der Waals surface area (Å²) in [4.78, 5) is 0. The monoisotopic (exact) mass is 205 g/mol. The quantitative estimate of drug-likeness (QED) is 0.707. The average Bonchev–Trinajstić information content (AvgIpc) is 2.68. The predicted molar refractivity (Wildman–Crippen MR) is 52.7 cm³/mol. The van der Waals surface area contributed by atoms with E-state index in [0.29, 0.717) is 6.54 Å². The minimum atomic E-state index is -1.56. The molecule has 1 heterocycles. The van der Waals surface area contributed by atoms with Gasteiger partial charge in [-0.25, -0.2) is 4.68 Å². The Bertz CT molecular complexity index is 425. The third-order valence-corrected chi connectivity index (χ3v) is 2.01. The van der Waals surface area contributed by atoms with E-state index >= 15 is 0 Å². The highest BCUT2D eigenvalue weighted by molar-refractivity contribution is 5.14. The molecule has 0 aliphatic heterocycles. The summed E-state index contributed by atoms with van der Waals surface area (Å²) in [5.74, 6) is 0. The molecule has 0 radical (unpaired) electrons. The van der Waals surface area contributed by atoms with Crippen LogP contribution in [0.2, 0.25) is 0 Å². The second-order valence-corrected chi connectivity index (χ2v) is 3.20. The van der Waals surface area contributed by atoms with Crippen molar-refractivity contribution in [2.75, 3.05) is 0 Å². The van der Waals surface area contributed by atoms with Crippen molar-refractivity contribution < 1.29 is 10.2 Å². The van der Waals surface area contributed by atoms with E-state index in [0.717, 1.165) is 5.56 Å². The molecule has 1 aromatic carbocycles. The standard InChI is InChI=1S/C10H11N3O2/c14-10(15)9-7-13(12-11-9)6-8-4-2-1-3-5-8/h1-5,7,10,14-15H,6H2. The summed E-state index contributed by atoms with van der Waals surface area (Å²) in [6.45, 7) is 0.570. The molecule has 0 bridgehead atoms. The van der Waals surface area contributed by atoms with Gasteiger partial charge in [0.25, 0.3) is 0 Å². The summed E-state index contributed by atoms with van der Waals surface area (Å²) in [6, 6.07) is 9.75. The fourth-order valence-electron chi connectivity index (χ4n) is 1.28. The maximum atomic E-state index is 8.84. The number of aliphatic hydroxyl groups is 2. The molecule has 0 atom stereocenters. The number of hydrogen-bond acceptors (Lipinski definition) is 4. The van der Waals surface area contributed by atoms with Crippen LogP contribution in [0.1, 0.15) is 17.5 Å². The third kappa shape index (κ3) is 2.39. The first-order chi connectivity index (χ1) is 7.25. The summed E-state index contributed by atoms with van der Waals surface area (Å²) in [5.41, 5.74) is 1.24. The lowest BCUT2D eigenvalue weighted by molar-refractivity contribution is -0.0459. The van der Waals surface area contributed by atoms with Crippen LogP contribution in [0.5, 0.6) is 0 Å². The van der Waals surface area contributed by atoms with Crippen molar-refractivity contribution in [3.63, 3.8) is 0 Å². The van der Waals surface area contributed by atoms with Gasteiger partial charge in [0.2, 0.25) is 0 Å². The lowest BCUT2D eigenvalue weighted by Crippen LogP contribution is -2.00. The SMILES string of the molecule is OC(O)c1cn(Cc2ccccc2)nn1. The van der Waals surface area contributed by atoms with Crippen LogP contribution >= 0.6 is 0 Å². The molecule has 0 fully saturated rings. The molecule has 0 aliphatic rings. The predicted octanol–water partition coefficient (Wildman–Crippen LogP) is 0.310. The molecule has 15 heavy (non-hydrogen) atoms. The number of hydrogen-bond donors (Lipinski definition) is 2. The molecular weight excluding hydrogens is 194 g/mol. The van der Waals surface area contributed by atoms with Crippen LogP contribution in [0.25, 0.3) is 0 Å². The van der Waals surface area contributed by atoms with Crippen molar-refractivity contribution in [3.05, 3.63) is 47.8 Å². The summed E-state index contributed by atoms with van der Waals surface area (Å²) < 4.78 is 1.56. The van der Waals surface area contributed by atoms with E-state index in [1.54, 1.807) is 4.68 Å². The van der Waals surface area contributed by atoms with Crippen molar-refractivity contribution in [3.8, 4) is 0 Å². The zero-order chi connectivity index (χ0) is 10.7. The highest BCUT2D eigenvalue weighted by atomic mass is 16.5. The van der Waals surface area contributed by atoms with E-state index < -0.39 is 6.29 Å². The normalized spacial score (nSPS) is 10.9. The van der Waals surface area contributed by atoms with Crippen LogP contribution in [-0.2, 0) is 6.54 Å². The minimum Gasteiger partial charge on any atom is -0.363 e. The number of rotatable bonds is 3. The third-order valence-electron chi connectivity index (χ3n) is 2.01. The Morgan fingerprint density at radius 3 is 2.53 bits per heavy atom. The zero-order valence-electron chi connectivity index (χ0n) is 7.98. The number of nitrogens with zero attached hydrogens (tertiary/aromatic N) is 3. The van der Waals surface area contributed by atoms with Crippen molar-refractivity contribution in [1.29, 1.82) is 0 Å². The van der Waals surface area contributed by atoms with Gasteiger partial charge in [-0.05, 0) is 5.56 Å². The molecule has 1 aromatic heterocycles. The van der Waals surface area contributed by atoms with Crippen molar-refractivity contribution in [2.45, 2.75) is 12.8 Å². The first kappa shape index (κ1) is 9.82. The second kappa shape index (κ2) is 4.20. The molecule has 5 heteroatoms. The van der Waals surface area contributed by atoms with E-state index in [1.807, 2.05) is 30.3 Å². The molecule has 0 spiro atoms. The van der Waals surface area contributed by atoms with Gasteiger partial charge in [-0.3, -0.25) is 0 Å². The zero-order valence-corrected chi connectivity index (χ0v) is 7.98. The molecule has 0 amide bonds. The Hall–Kier alpha value is -1.72. The summed E-state index contributed by atoms with van der Waals surface area (Å²) in [5, 5.41) is 25.1. The van der Waals surface area contributed by atoms with Gasteiger partial charge in [0.05, 0.1) is 12.7 Å². The number of benzene rings is 1. The summed E-state index contributed by atoms with van der Waals surface area (Å²) in [6.07, 6.45) is -0.0491. The van der Waals surface area contributed by atoms with Gasteiger partial charge < -0.3 is 10.2 Å². The molecule has 0 saturated carbocycles. The molecule has 78 valence electrons. The Morgan fingerprint density at radius 2 is 1.93 bits per heavy atom. The van der Waals surface area contributed by atoms with E-state index in [2.05, 4.69) is 10.3 Å². The minimum absolute atomic E-state index is 0.158. The van der Waals surface area contributed by atoms with Gasteiger partial charge >= 0.3 is 0 Å². The van der Waals surface area contributed by atoms with Gasteiger partial charge in [-0.1, -0.05) is 35.5 Å². The van der Waals surface area contributed by atoms with E-state index in [4.69, 9.17) is 10.2 Å². The van der Waals surface area contributed by atoms with Crippen LogP contribution in [0, 0.1) is 0 Å². The molecular formula is C10H11N3O2. The van der Waals surface area contributed by atoms with Crippen LogP contribution < -0.4 is 0 Å². The molecule has 5 nitrogen and oxygen atoms in total. The highest BCUT2D eigenvalue weighted by Crippen LogP contribution is 2.06. The molecule has 0 unspecified atom stereocenters. The summed E-state index contributed by atoms with van der Waals surface area (Å²) >= 11 is 0. The lowest BCUT2D eigenvalue weighted by atomic mass is 10.2. The Labute approximate surface area is 86.6 Å². The van der Waals surface area contributed by atoms with Crippen molar-refractivity contribution >= 4 is 0 Å². The summed E-state index contributed by atoms with van der Waals surface area (Å²) in [7, 11) is 0. The first-order valence-corrected chi connectivity index (χ1v) is 4.56. The topological polar surface area (TPSA) is 71.2 Å². The van der Waals surface area contributed by atoms with E-state index in [9.17, 15) is 0 Å². The number of aliphatic hydroxyl groups excluding tert-OH is 1. The molecule has 0 aliphatic carbocycles. The van der Waals surface area contributed by atoms with E-state index in [-0.39, 0.29) is 5.69 Å². The molecule has 2 rings (SSSR count). The lowest BCUT2D eigenvalue weighted by Gasteiger charge is -1.99. The van der Waals surface area contributed by atoms with Crippen LogP contribution in [0.3, 0.4) is 0 Å². The Kier molecular flexibility index (Phi) is 2.75. The van der Waals surface area contributed by atoms with Gasteiger partial charge in [-0.15, -0.1) is 5.10 Å². The maximum absolute atomic E-state index is 8.84. The molecule has 0 saturated heterocycles. The van der Waals surface area contributed by atoms with Crippen LogP contribution in [0.15, 0.2) is 36.5 Å². The Balaban J connectivity index is 2.12. The molecule has 2 aromatic rings. The second-order valence-electron chi connectivity index (χ2n) is 3.20. The van der Waals surface area contributed by atoms with Gasteiger partial charge in [0, 0.05) is 0 Å². The smallest absolute Gasteiger partial charge is 0.199 e. The first-order valence-electron chi connectivity index (χ1n) is 4.56. The van der Waals surface area contributed by atoms with Gasteiger partial charge in [0.1, 0.15) is 5.69 Å². The van der Waals surface area contributed by atoms with Crippen LogP contribution in [0.4, 0.5) is 0 Å². The molecule has 2 N–H and O–H groups in total. The Morgan fingerprint density at radius 1 is 1.20 bits per heavy atom. The number of aromatic nitrogens is 3. The van der Waals surface area contributed by atoms with Crippen molar-refractivity contribution in [1.82, 2.24) is 15.0 Å². The van der Waals surface area contributed by atoms with Gasteiger partial charge in [0.15, 0.2) is 6.29 Å². The van der Waals surface area contributed by atoms with Gasteiger partial charge in [-0.2, -0.15) is 0 Å². The van der Waals surface area contributed by atoms with Crippen LogP contribution in [-0.4, -0.2) is 25.2 Å². The fraction of sp³-hybridized carbons (Fsp3) is 0.200. The van der Waals surface area contributed by atoms with Crippen molar-refractivity contribution in [2.24, 2.45) is 0 Å². The van der Waals surface area contributed by atoms with E-state index in [1.165, 1.54) is 6.20 Å². The largest absolute Gasteiger partial charge is 0.363 e.